The Morgan fingerprint density at radius 3 is 2.63 bits per heavy atom. The smallest absolute Gasteiger partial charge is 0.251 e. The molecule has 2 aliphatic heterocycles. The number of methoxy groups -OCH3 is 1. The lowest BCUT2D eigenvalue weighted by Gasteiger charge is -2.58. The van der Waals surface area contributed by atoms with Gasteiger partial charge in [0.15, 0.2) is 5.82 Å². The first-order valence-corrected chi connectivity index (χ1v) is 14.7. The molecule has 3 aliphatic rings. The lowest BCUT2D eigenvalue weighted by atomic mass is 9.52. The van der Waals surface area contributed by atoms with Gasteiger partial charge in [-0.1, -0.05) is 6.92 Å². The van der Waals surface area contributed by atoms with Crippen LogP contribution in [0.15, 0.2) is 24.4 Å². The molecule has 0 bridgehead atoms. The maximum absolute atomic E-state index is 13.4. The summed E-state index contributed by atoms with van der Waals surface area (Å²) < 4.78 is 5.65. The number of aliphatic hydroxyl groups is 1. The number of hydrogen-bond acceptors (Lipinski definition) is 9. The molecule has 1 aromatic carbocycles. The van der Waals surface area contributed by atoms with E-state index in [9.17, 15) is 14.7 Å². The van der Waals surface area contributed by atoms with Crippen molar-refractivity contribution in [1.29, 1.82) is 0 Å². The van der Waals surface area contributed by atoms with Gasteiger partial charge >= 0.3 is 0 Å². The number of carbonyl (C=O) groups excluding carboxylic acids is 2. The van der Waals surface area contributed by atoms with Crippen LogP contribution in [0.3, 0.4) is 0 Å². The number of piperidine rings is 1. The van der Waals surface area contributed by atoms with Crippen LogP contribution in [0.5, 0.6) is 5.75 Å². The van der Waals surface area contributed by atoms with E-state index in [1.54, 1.807) is 43.5 Å². The SMILES string of the molecule is CC[C@@H]1C(=O)N(C)c2cnc(Nc3ccc(C(=O)NC4(CCO)CC5(CCNCC5)C4)cc3OC)nc2N1C(C)C. The number of ether oxygens (including phenoxy) is 1. The van der Waals surface area contributed by atoms with E-state index >= 15 is 0 Å². The molecular weight excluding hydrogens is 522 g/mol. The highest BCUT2D eigenvalue weighted by Gasteiger charge is 2.54. The molecule has 1 aromatic heterocycles. The largest absolute Gasteiger partial charge is 0.495 e. The van der Waals surface area contributed by atoms with Crippen LogP contribution in [-0.2, 0) is 4.79 Å². The number of amides is 2. The van der Waals surface area contributed by atoms with E-state index in [0.29, 0.717) is 47.3 Å². The molecule has 11 heteroatoms. The van der Waals surface area contributed by atoms with E-state index < -0.39 is 0 Å². The molecule has 1 aliphatic carbocycles. The Bertz CT molecular complexity index is 1290. The van der Waals surface area contributed by atoms with Gasteiger partial charge in [0, 0.05) is 30.8 Å². The van der Waals surface area contributed by atoms with Gasteiger partial charge in [0.2, 0.25) is 11.9 Å². The Kier molecular flexibility index (Phi) is 8.11. The van der Waals surface area contributed by atoms with Gasteiger partial charge < -0.3 is 35.6 Å². The molecule has 1 saturated carbocycles. The average molecular weight is 566 g/mol. The summed E-state index contributed by atoms with van der Waals surface area (Å²) in [5.41, 5.74) is 1.65. The Morgan fingerprint density at radius 2 is 2.00 bits per heavy atom. The van der Waals surface area contributed by atoms with Crippen LogP contribution in [0.25, 0.3) is 0 Å². The summed E-state index contributed by atoms with van der Waals surface area (Å²) in [4.78, 5) is 39.3. The Morgan fingerprint density at radius 1 is 1.27 bits per heavy atom. The number of likely N-dealkylation sites (N-methyl/N-ethyl adjacent to an activating group) is 1. The molecule has 5 rings (SSSR count). The minimum absolute atomic E-state index is 0.0298. The Hall–Kier alpha value is -3.44. The maximum atomic E-state index is 13.4. The average Bonchev–Trinajstić information content (AvgIpc) is 2.94. The summed E-state index contributed by atoms with van der Waals surface area (Å²) in [5.74, 6) is 1.40. The van der Waals surface area contributed by atoms with Gasteiger partial charge in [0.1, 0.15) is 17.5 Å². The highest BCUT2D eigenvalue weighted by molar-refractivity contribution is 6.04. The first-order valence-electron chi connectivity index (χ1n) is 14.7. The van der Waals surface area contributed by atoms with E-state index in [1.165, 1.54) is 0 Å². The molecule has 2 aromatic rings. The first kappa shape index (κ1) is 29.1. The van der Waals surface area contributed by atoms with Gasteiger partial charge in [-0.2, -0.15) is 4.98 Å². The fourth-order valence-electron chi connectivity index (χ4n) is 7.04. The number of aromatic nitrogens is 2. The second-order valence-electron chi connectivity index (χ2n) is 12.1. The molecule has 2 amide bonds. The van der Waals surface area contributed by atoms with Crippen molar-refractivity contribution in [2.45, 2.75) is 76.9 Å². The molecule has 1 spiro atoms. The van der Waals surface area contributed by atoms with Crippen molar-refractivity contribution < 1.29 is 19.4 Å². The number of nitrogens with zero attached hydrogens (tertiary/aromatic N) is 4. The van der Waals surface area contributed by atoms with Crippen LogP contribution in [0.1, 0.15) is 69.7 Å². The van der Waals surface area contributed by atoms with Crippen molar-refractivity contribution in [2.24, 2.45) is 5.41 Å². The highest BCUT2D eigenvalue weighted by atomic mass is 16.5. The minimum atomic E-state index is -0.377. The predicted molar refractivity (Wildman–Crippen MR) is 159 cm³/mol. The standard InChI is InChI=1S/C30H43N7O4/c1-6-22-27(40)36(4)23-16-32-28(34-25(23)37(22)19(2)3)33-21-8-7-20(15-24(21)41-5)26(39)35-30(11-14-38)17-29(18-30)9-12-31-13-10-29/h7-8,15-16,19,22,31,38H,6,9-14,17-18H2,1-5H3,(H,35,39)(H,32,33,34)/t22-/m1/s1. The number of anilines is 4. The lowest BCUT2D eigenvalue weighted by molar-refractivity contribution is -0.120. The summed E-state index contributed by atoms with van der Waals surface area (Å²) >= 11 is 0. The normalized spacial score (nSPS) is 21.0. The number of benzene rings is 1. The van der Waals surface area contributed by atoms with Crippen molar-refractivity contribution >= 4 is 35.0 Å². The van der Waals surface area contributed by atoms with E-state index in [0.717, 1.165) is 38.8 Å². The number of carbonyl (C=O) groups is 2. The molecule has 41 heavy (non-hydrogen) atoms. The Labute approximate surface area is 242 Å². The Balaban J connectivity index is 1.34. The van der Waals surface area contributed by atoms with Gasteiger partial charge in [-0.25, -0.2) is 4.98 Å². The quantitative estimate of drug-likeness (QED) is 0.362. The van der Waals surface area contributed by atoms with Crippen molar-refractivity contribution in [2.75, 3.05) is 49.0 Å². The van der Waals surface area contributed by atoms with E-state index in [4.69, 9.17) is 9.72 Å². The van der Waals surface area contributed by atoms with Crippen LogP contribution in [-0.4, -0.2) is 78.4 Å². The zero-order chi connectivity index (χ0) is 29.4. The van der Waals surface area contributed by atoms with E-state index in [1.807, 2.05) is 25.7 Å². The van der Waals surface area contributed by atoms with Gasteiger partial charge in [0.25, 0.3) is 5.91 Å². The molecule has 11 nitrogen and oxygen atoms in total. The van der Waals surface area contributed by atoms with Crippen molar-refractivity contribution in [1.82, 2.24) is 20.6 Å². The fraction of sp³-hybridized carbons (Fsp3) is 0.600. The van der Waals surface area contributed by atoms with Gasteiger partial charge in [0.05, 0.1) is 19.0 Å². The van der Waals surface area contributed by atoms with Crippen LogP contribution in [0, 0.1) is 5.41 Å². The molecule has 4 N–H and O–H groups in total. The summed E-state index contributed by atoms with van der Waals surface area (Å²) in [7, 11) is 3.31. The van der Waals surface area contributed by atoms with Crippen LogP contribution < -0.4 is 30.5 Å². The number of aliphatic hydroxyl groups excluding tert-OH is 1. The summed E-state index contributed by atoms with van der Waals surface area (Å²) in [6.45, 7) is 8.15. The molecule has 0 radical (unpaired) electrons. The molecule has 3 heterocycles. The topological polar surface area (TPSA) is 132 Å². The van der Waals surface area contributed by atoms with Gasteiger partial charge in [-0.05, 0) is 89.1 Å². The monoisotopic (exact) mass is 565 g/mol. The van der Waals surface area contributed by atoms with Crippen LogP contribution >= 0.6 is 0 Å². The predicted octanol–water partition coefficient (Wildman–Crippen LogP) is 3.21. The zero-order valence-corrected chi connectivity index (χ0v) is 24.8. The van der Waals surface area contributed by atoms with E-state index in [-0.39, 0.29) is 41.5 Å². The van der Waals surface area contributed by atoms with Gasteiger partial charge in [-0.3, -0.25) is 9.59 Å². The molecule has 1 saturated heterocycles. The minimum Gasteiger partial charge on any atom is -0.495 e. The number of rotatable bonds is 9. The molecular formula is C30H43N7O4. The fourth-order valence-corrected chi connectivity index (χ4v) is 7.04. The molecule has 2 fully saturated rings. The number of fused-ring (bicyclic) bond motifs is 1. The highest BCUT2D eigenvalue weighted by Crippen LogP contribution is 2.55. The van der Waals surface area contributed by atoms with Crippen LogP contribution in [0.4, 0.5) is 23.1 Å². The van der Waals surface area contributed by atoms with Crippen molar-refractivity contribution in [3.05, 3.63) is 30.0 Å². The molecule has 1 atom stereocenters. The summed E-state index contributed by atoms with van der Waals surface area (Å²) in [5, 5.41) is 19.7. The van der Waals surface area contributed by atoms with Crippen LogP contribution in [0.2, 0.25) is 0 Å². The van der Waals surface area contributed by atoms with Crippen molar-refractivity contribution in [3.8, 4) is 5.75 Å². The summed E-state index contributed by atoms with van der Waals surface area (Å²) in [6, 6.07) is 5.03. The number of nitrogens with one attached hydrogen (secondary N) is 3. The third-order valence-corrected chi connectivity index (χ3v) is 9.02. The third kappa shape index (κ3) is 5.44. The van der Waals surface area contributed by atoms with E-state index in [2.05, 4.69) is 20.9 Å². The number of hydrogen-bond donors (Lipinski definition) is 4. The van der Waals surface area contributed by atoms with Crippen molar-refractivity contribution in [3.63, 3.8) is 0 Å². The maximum Gasteiger partial charge on any atom is 0.251 e. The third-order valence-electron chi connectivity index (χ3n) is 9.02. The molecule has 0 unspecified atom stereocenters. The molecule has 222 valence electrons. The second kappa shape index (κ2) is 11.4. The van der Waals surface area contributed by atoms with Gasteiger partial charge in [-0.15, -0.1) is 0 Å². The second-order valence-corrected chi connectivity index (χ2v) is 12.1. The first-order chi connectivity index (χ1) is 19.6. The zero-order valence-electron chi connectivity index (χ0n) is 24.8. The summed E-state index contributed by atoms with van der Waals surface area (Å²) in [6.07, 6.45) is 6.88. The lowest BCUT2D eigenvalue weighted by Crippen LogP contribution is -2.64.